The number of carbonyl (C=O) groups is 1. The van der Waals surface area contributed by atoms with Crippen molar-refractivity contribution in [3.63, 3.8) is 0 Å². The van der Waals surface area contributed by atoms with Gasteiger partial charge in [-0.15, -0.1) is 0 Å². The van der Waals surface area contributed by atoms with Crippen molar-refractivity contribution in [2.24, 2.45) is 5.92 Å². The van der Waals surface area contributed by atoms with Gasteiger partial charge >= 0.3 is 0 Å². The average molecular weight is 629 g/mol. The lowest BCUT2D eigenvalue weighted by molar-refractivity contribution is -0.121. The number of ether oxygens (including phenoxy) is 2. The summed E-state index contributed by atoms with van der Waals surface area (Å²) in [4.78, 5) is 30.5. The standard InChI is InChI=1S/C33H37ClN8O3/c1-20(2)11-27-25(14-35)32(26(15-36)33(40-27)39-23-4-5-24(13-23)41-7-9-44-10-8-41)21-3-6-28-29(12-21)45-19-31(43)42(28)18-30-37-16-22(34)17-38-30/h3,6,12,15-17,20,23-24,36H,4-5,7-11,13,18-19H2,1-2H3,(H,39,40). The van der Waals surface area contributed by atoms with Gasteiger partial charge in [0.2, 0.25) is 0 Å². The van der Waals surface area contributed by atoms with Crippen molar-refractivity contribution in [2.75, 3.05) is 43.1 Å². The van der Waals surface area contributed by atoms with E-state index in [4.69, 9.17) is 31.5 Å². The molecule has 4 heterocycles. The Hall–Kier alpha value is -4.11. The van der Waals surface area contributed by atoms with E-state index in [9.17, 15) is 10.1 Å². The molecule has 11 nitrogen and oxygen atoms in total. The molecule has 0 bridgehead atoms. The Labute approximate surface area is 268 Å². The fraction of sp³-hybridized carbons (Fsp3) is 0.455. The van der Waals surface area contributed by atoms with E-state index in [-0.39, 0.29) is 31.0 Å². The number of anilines is 2. The first-order valence-electron chi connectivity index (χ1n) is 15.4. The van der Waals surface area contributed by atoms with E-state index in [0.29, 0.717) is 68.5 Å². The maximum Gasteiger partial charge on any atom is 0.265 e. The second kappa shape index (κ2) is 13.5. The summed E-state index contributed by atoms with van der Waals surface area (Å²) in [5.41, 5.74) is 3.65. The molecule has 3 aliphatic rings. The molecule has 1 amide bonds. The van der Waals surface area contributed by atoms with E-state index >= 15 is 0 Å². The highest BCUT2D eigenvalue weighted by molar-refractivity contribution is 6.30. The Morgan fingerprint density at radius 3 is 2.71 bits per heavy atom. The van der Waals surface area contributed by atoms with Crippen molar-refractivity contribution in [3.8, 4) is 22.9 Å². The van der Waals surface area contributed by atoms with Gasteiger partial charge in [0.15, 0.2) is 6.61 Å². The van der Waals surface area contributed by atoms with Crippen LogP contribution in [0.25, 0.3) is 11.1 Å². The highest BCUT2D eigenvalue weighted by Crippen LogP contribution is 2.41. The predicted molar refractivity (Wildman–Crippen MR) is 172 cm³/mol. The van der Waals surface area contributed by atoms with Gasteiger partial charge in [0.1, 0.15) is 23.5 Å². The molecule has 0 spiro atoms. The zero-order valence-corrected chi connectivity index (χ0v) is 26.3. The van der Waals surface area contributed by atoms with Crippen LogP contribution in [0.1, 0.15) is 55.8 Å². The van der Waals surface area contributed by atoms with E-state index in [2.05, 4.69) is 40.1 Å². The molecule has 6 rings (SSSR count). The molecule has 3 aromatic rings. The molecular weight excluding hydrogens is 592 g/mol. The van der Waals surface area contributed by atoms with Crippen LogP contribution in [0.15, 0.2) is 30.6 Å². The molecule has 2 atom stereocenters. The van der Waals surface area contributed by atoms with E-state index < -0.39 is 0 Å². The van der Waals surface area contributed by atoms with Crippen LogP contribution in [0.2, 0.25) is 5.02 Å². The number of benzene rings is 1. The molecule has 2 aliphatic heterocycles. The van der Waals surface area contributed by atoms with Crippen molar-refractivity contribution in [1.82, 2.24) is 19.9 Å². The zero-order chi connectivity index (χ0) is 31.5. The Kier molecular flexibility index (Phi) is 9.26. The van der Waals surface area contributed by atoms with Crippen molar-refractivity contribution >= 4 is 35.2 Å². The van der Waals surface area contributed by atoms with Crippen molar-refractivity contribution < 1.29 is 14.3 Å². The van der Waals surface area contributed by atoms with E-state index in [1.165, 1.54) is 18.6 Å². The maximum atomic E-state index is 12.9. The van der Waals surface area contributed by atoms with Gasteiger partial charge in [-0.2, -0.15) is 5.26 Å². The number of nitriles is 1. The summed E-state index contributed by atoms with van der Waals surface area (Å²) in [6, 6.07) is 8.62. The van der Waals surface area contributed by atoms with Crippen LogP contribution in [0.3, 0.4) is 0 Å². The number of carbonyl (C=O) groups excluding carboxylic acids is 1. The van der Waals surface area contributed by atoms with Gasteiger partial charge in [0.25, 0.3) is 5.91 Å². The van der Waals surface area contributed by atoms with Crippen LogP contribution in [-0.4, -0.2) is 77.0 Å². The molecule has 12 heteroatoms. The average Bonchev–Trinajstić information content (AvgIpc) is 3.51. The largest absolute Gasteiger partial charge is 0.482 e. The van der Waals surface area contributed by atoms with Gasteiger partial charge in [-0.3, -0.25) is 14.6 Å². The number of hydrogen-bond donors (Lipinski definition) is 2. The number of halogens is 1. The lowest BCUT2D eigenvalue weighted by Gasteiger charge is -2.32. The number of morpholine rings is 1. The van der Waals surface area contributed by atoms with Crippen molar-refractivity contribution in [1.29, 1.82) is 10.7 Å². The summed E-state index contributed by atoms with van der Waals surface area (Å²) in [6.45, 7) is 7.69. The summed E-state index contributed by atoms with van der Waals surface area (Å²) in [7, 11) is 0. The van der Waals surface area contributed by atoms with E-state index in [1.807, 2.05) is 18.2 Å². The Bertz CT molecular complexity index is 1620. The quantitative estimate of drug-likeness (QED) is 0.318. The lowest BCUT2D eigenvalue weighted by atomic mass is 9.91. The molecule has 2 N–H and O–H groups in total. The first kappa shape index (κ1) is 30.9. The summed E-state index contributed by atoms with van der Waals surface area (Å²) in [5.74, 6) is 1.64. The van der Waals surface area contributed by atoms with Crippen LogP contribution < -0.4 is 15.0 Å². The predicted octanol–water partition coefficient (Wildman–Crippen LogP) is 4.85. The molecule has 2 unspecified atom stereocenters. The van der Waals surface area contributed by atoms with Gasteiger partial charge in [-0.1, -0.05) is 31.5 Å². The molecular formula is C33H37ClN8O3. The maximum absolute atomic E-state index is 12.9. The molecule has 45 heavy (non-hydrogen) atoms. The smallest absolute Gasteiger partial charge is 0.265 e. The number of aromatic nitrogens is 3. The highest BCUT2D eigenvalue weighted by Gasteiger charge is 2.32. The summed E-state index contributed by atoms with van der Waals surface area (Å²) < 4.78 is 11.4. The number of nitrogens with one attached hydrogen (secondary N) is 2. The monoisotopic (exact) mass is 628 g/mol. The SMILES string of the molecule is CC(C)Cc1nc(NC2CCC(N3CCOCC3)C2)c(C=N)c(-c2ccc3c(c2)OCC(=O)N3Cc2ncc(Cl)cn2)c1C#N. The van der Waals surface area contributed by atoms with Crippen LogP contribution in [-0.2, 0) is 22.5 Å². The molecule has 2 fully saturated rings. The molecule has 2 aromatic heterocycles. The summed E-state index contributed by atoms with van der Waals surface area (Å²) in [5, 5.41) is 23.0. The minimum Gasteiger partial charge on any atom is -0.482 e. The minimum atomic E-state index is -0.215. The number of amides is 1. The molecule has 1 saturated heterocycles. The molecule has 1 saturated carbocycles. The number of pyridine rings is 1. The first-order valence-corrected chi connectivity index (χ1v) is 15.8. The second-order valence-electron chi connectivity index (χ2n) is 12.1. The highest BCUT2D eigenvalue weighted by atomic mass is 35.5. The van der Waals surface area contributed by atoms with Crippen molar-refractivity contribution in [3.05, 3.63) is 58.3 Å². The van der Waals surface area contributed by atoms with Gasteiger partial charge in [-0.25, -0.2) is 15.0 Å². The van der Waals surface area contributed by atoms with E-state index in [0.717, 1.165) is 45.6 Å². The Morgan fingerprint density at radius 2 is 2.00 bits per heavy atom. The third-order valence-electron chi connectivity index (χ3n) is 8.64. The topological polar surface area (TPSA) is 140 Å². The van der Waals surface area contributed by atoms with Crippen LogP contribution >= 0.6 is 11.6 Å². The zero-order valence-electron chi connectivity index (χ0n) is 25.6. The van der Waals surface area contributed by atoms with Gasteiger partial charge in [-0.05, 0) is 49.3 Å². The van der Waals surface area contributed by atoms with Gasteiger partial charge in [0, 0.05) is 54.9 Å². The molecule has 1 aliphatic carbocycles. The fourth-order valence-corrected chi connectivity index (χ4v) is 6.60. The number of nitrogens with zero attached hydrogens (tertiary/aromatic N) is 6. The molecule has 234 valence electrons. The Morgan fingerprint density at radius 1 is 1.22 bits per heavy atom. The number of rotatable bonds is 9. The van der Waals surface area contributed by atoms with Crippen LogP contribution in [0.4, 0.5) is 11.5 Å². The normalized spacial score (nSPS) is 20.1. The summed E-state index contributed by atoms with van der Waals surface area (Å²) in [6.07, 6.45) is 7.99. The van der Waals surface area contributed by atoms with Gasteiger partial charge in [0.05, 0.1) is 41.7 Å². The molecule has 1 aromatic carbocycles. The Balaban J connectivity index is 1.36. The lowest BCUT2D eigenvalue weighted by Crippen LogP contribution is -2.42. The van der Waals surface area contributed by atoms with Gasteiger partial charge < -0.3 is 20.2 Å². The second-order valence-corrected chi connectivity index (χ2v) is 12.6. The molecule has 0 radical (unpaired) electrons. The third kappa shape index (κ3) is 6.64. The third-order valence-corrected chi connectivity index (χ3v) is 8.84. The van der Waals surface area contributed by atoms with Crippen molar-refractivity contribution in [2.45, 2.75) is 58.2 Å². The first-order chi connectivity index (χ1) is 21.8. The number of fused-ring (bicyclic) bond motifs is 1. The van der Waals surface area contributed by atoms with Crippen LogP contribution in [0.5, 0.6) is 5.75 Å². The van der Waals surface area contributed by atoms with E-state index in [1.54, 1.807) is 4.90 Å². The fourth-order valence-electron chi connectivity index (χ4n) is 6.51. The minimum absolute atomic E-state index is 0.139. The summed E-state index contributed by atoms with van der Waals surface area (Å²) >= 11 is 5.95. The number of hydrogen-bond acceptors (Lipinski definition) is 10. The van der Waals surface area contributed by atoms with Crippen LogP contribution in [0, 0.1) is 22.7 Å².